The Kier molecular flexibility index (Phi) is 7.14. The summed E-state index contributed by atoms with van der Waals surface area (Å²) >= 11 is 0. The van der Waals surface area contributed by atoms with Crippen molar-refractivity contribution in [2.75, 3.05) is 0 Å². The summed E-state index contributed by atoms with van der Waals surface area (Å²) in [5, 5.41) is 5.53. The lowest BCUT2D eigenvalue weighted by Gasteiger charge is -2.16. The van der Waals surface area contributed by atoms with Crippen LogP contribution in [0.4, 0.5) is 0 Å². The number of hydrogen-bond donors (Lipinski definition) is 0. The van der Waals surface area contributed by atoms with Gasteiger partial charge in [-0.25, -0.2) is 15.0 Å². The number of pyridine rings is 3. The topological polar surface area (TPSA) is 38.7 Å². The fourth-order valence-electron chi connectivity index (χ4n) is 7.47. The van der Waals surface area contributed by atoms with Crippen molar-refractivity contribution in [1.82, 2.24) is 15.0 Å². The molecular formula is C49H31N3. The van der Waals surface area contributed by atoms with Gasteiger partial charge in [0.25, 0.3) is 0 Å². The quantitative estimate of drug-likeness (QED) is 0.172. The van der Waals surface area contributed by atoms with Crippen LogP contribution in [-0.4, -0.2) is 15.0 Å². The third-order valence-electron chi connectivity index (χ3n) is 10.0. The van der Waals surface area contributed by atoms with E-state index in [-0.39, 0.29) is 0 Å². The number of aromatic nitrogens is 3. The van der Waals surface area contributed by atoms with Crippen molar-refractivity contribution in [3.05, 3.63) is 188 Å². The summed E-state index contributed by atoms with van der Waals surface area (Å²) in [5.41, 5.74) is 13.5. The molecule has 3 aromatic heterocycles. The summed E-state index contributed by atoms with van der Waals surface area (Å²) in [5.74, 6) is 0. The van der Waals surface area contributed by atoms with Gasteiger partial charge in [0.1, 0.15) is 0 Å². The molecular weight excluding hydrogens is 631 g/mol. The average Bonchev–Trinajstić information content (AvgIpc) is 3.23. The highest BCUT2D eigenvalue weighted by Crippen LogP contribution is 2.41. The van der Waals surface area contributed by atoms with Crippen LogP contribution in [-0.2, 0) is 0 Å². The van der Waals surface area contributed by atoms with E-state index in [9.17, 15) is 0 Å². The Labute approximate surface area is 301 Å². The Bertz CT molecular complexity index is 2940. The summed E-state index contributed by atoms with van der Waals surface area (Å²) in [7, 11) is 0. The third kappa shape index (κ3) is 5.19. The van der Waals surface area contributed by atoms with Gasteiger partial charge in [-0.05, 0) is 52.6 Å². The van der Waals surface area contributed by atoms with E-state index < -0.39 is 0 Å². The van der Waals surface area contributed by atoms with Gasteiger partial charge in [0.15, 0.2) is 0 Å². The van der Waals surface area contributed by atoms with Crippen LogP contribution < -0.4 is 0 Å². The molecule has 0 radical (unpaired) electrons. The molecule has 0 unspecified atom stereocenters. The summed E-state index contributed by atoms with van der Waals surface area (Å²) in [6.07, 6.45) is 0. The summed E-state index contributed by atoms with van der Waals surface area (Å²) in [6.45, 7) is 0. The van der Waals surface area contributed by atoms with Gasteiger partial charge < -0.3 is 0 Å². The molecule has 3 heteroatoms. The number of rotatable bonds is 5. The number of benzene rings is 7. The zero-order valence-electron chi connectivity index (χ0n) is 28.2. The van der Waals surface area contributed by atoms with E-state index in [1.807, 2.05) is 18.2 Å². The zero-order chi connectivity index (χ0) is 34.4. The van der Waals surface area contributed by atoms with Gasteiger partial charge in [0.2, 0.25) is 0 Å². The second kappa shape index (κ2) is 12.4. The number of nitrogens with zero attached hydrogens (tertiary/aromatic N) is 3. The Balaban J connectivity index is 1.20. The molecule has 0 aliphatic rings. The molecule has 0 aliphatic carbocycles. The molecule has 3 heterocycles. The van der Waals surface area contributed by atoms with Crippen molar-refractivity contribution in [1.29, 1.82) is 0 Å². The van der Waals surface area contributed by atoms with Gasteiger partial charge in [-0.3, -0.25) is 0 Å². The number of fused-ring (bicyclic) bond motifs is 6. The molecule has 0 saturated heterocycles. The SMILES string of the molecule is c1ccc(-c2cccc(-c3cccc4c(-c5ccccc5)nc5ccc(-c6ccc7ccc8ccc(-c9ccccc9)nc8c7n6)cc5c34)c2)cc1. The van der Waals surface area contributed by atoms with Crippen molar-refractivity contribution in [3.63, 3.8) is 0 Å². The van der Waals surface area contributed by atoms with Gasteiger partial charge in [-0.1, -0.05) is 158 Å². The van der Waals surface area contributed by atoms with Gasteiger partial charge in [0.05, 0.1) is 33.6 Å². The van der Waals surface area contributed by atoms with Crippen LogP contribution in [0, 0.1) is 0 Å². The first-order valence-electron chi connectivity index (χ1n) is 17.6. The van der Waals surface area contributed by atoms with E-state index in [2.05, 4.69) is 170 Å². The molecule has 0 bridgehead atoms. The smallest absolute Gasteiger partial charge is 0.0972 e. The lowest BCUT2D eigenvalue weighted by molar-refractivity contribution is 1.36. The van der Waals surface area contributed by atoms with Crippen molar-refractivity contribution < 1.29 is 0 Å². The highest BCUT2D eigenvalue weighted by Gasteiger charge is 2.17. The molecule has 0 atom stereocenters. The predicted molar refractivity (Wildman–Crippen MR) is 217 cm³/mol. The standard InChI is InChI=1S/C49H31N3/c1-4-12-32(13-5-1)37-18-10-19-38(30-37)40-20-11-21-41-46(40)42-31-39(26-29-45(42)52-47(41)34-16-8-3-9-17-34)44-28-25-36-23-22-35-24-27-43(33-14-6-2-7-15-33)50-48(35)49(36)51-44/h1-31H. The highest BCUT2D eigenvalue weighted by atomic mass is 14.8. The molecule has 10 aromatic rings. The fourth-order valence-corrected chi connectivity index (χ4v) is 7.47. The Morgan fingerprint density at radius 3 is 1.56 bits per heavy atom. The van der Waals surface area contributed by atoms with E-state index in [0.29, 0.717) is 0 Å². The molecule has 0 amide bonds. The summed E-state index contributed by atoms with van der Waals surface area (Å²) in [4.78, 5) is 15.7. The van der Waals surface area contributed by atoms with Crippen LogP contribution in [0.2, 0.25) is 0 Å². The van der Waals surface area contributed by atoms with Crippen LogP contribution >= 0.6 is 0 Å². The van der Waals surface area contributed by atoms with Crippen LogP contribution in [0.1, 0.15) is 0 Å². The first-order valence-corrected chi connectivity index (χ1v) is 17.6. The van der Waals surface area contributed by atoms with Crippen LogP contribution in [0.25, 0.3) is 99.5 Å². The Morgan fingerprint density at radius 1 is 0.308 bits per heavy atom. The lowest BCUT2D eigenvalue weighted by atomic mass is 9.91. The first kappa shape index (κ1) is 29.9. The van der Waals surface area contributed by atoms with Crippen LogP contribution in [0.5, 0.6) is 0 Å². The largest absolute Gasteiger partial charge is 0.247 e. The van der Waals surface area contributed by atoms with E-state index in [0.717, 1.165) is 71.9 Å². The molecule has 3 nitrogen and oxygen atoms in total. The minimum Gasteiger partial charge on any atom is -0.247 e. The molecule has 0 N–H and O–H groups in total. The van der Waals surface area contributed by atoms with Gasteiger partial charge >= 0.3 is 0 Å². The van der Waals surface area contributed by atoms with Crippen LogP contribution in [0.15, 0.2) is 188 Å². The fraction of sp³-hybridized carbons (Fsp3) is 0. The van der Waals surface area contributed by atoms with Gasteiger partial charge in [-0.2, -0.15) is 0 Å². The maximum absolute atomic E-state index is 5.31. The second-order valence-electron chi connectivity index (χ2n) is 13.2. The normalized spacial score (nSPS) is 11.5. The zero-order valence-corrected chi connectivity index (χ0v) is 28.2. The van der Waals surface area contributed by atoms with Crippen molar-refractivity contribution in [3.8, 4) is 56.0 Å². The highest BCUT2D eigenvalue weighted by molar-refractivity contribution is 6.18. The molecule has 7 aromatic carbocycles. The molecule has 10 rings (SSSR count). The number of hydrogen-bond acceptors (Lipinski definition) is 3. The first-order chi connectivity index (χ1) is 25.8. The molecule has 0 spiro atoms. The van der Waals surface area contributed by atoms with Crippen molar-refractivity contribution >= 4 is 43.5 Å². The van der Waals surface area contributed by atoms with Crippen molar-refractivity contribution in [2.24, 2.45) is 0 Å². The second-order valence-corrected chi connectivity index (χ2v) is 13.2. The van der Waals surface area contributed by atoms with E-state index >= 15 is 0 Å². The van der Waals surface area contributed by atoms with E-state index in [4.69, 9.17) is 15.0 Å². The third-order valence-corrected chi connectivity index (χ3v) is 10.0. The summed E-state index contributed by atoms with van der Waals surface area (Å²) in [6, 6.07) is 66.2. The Morgan fingerprint density at radius 2 is 0.865 bits per heavy atom. The molecule has 52 heavy (non-hydrogen) atoms. The monoisotopic (exact) mass is 661 g/mol. The summed E-state index contributed by atoms with van der Waals surface area (Å²) < 4.78 is 0. The predicted octanol–water partition coefficient (Wildman–Crippen LogP) is 12.8. The van der Waals surface area contributed by atoms with Gasteiger partial charge in [0, 0.05) is 43.6 Å². The van der Waals surface area contributed by atoms with Gasteiger partial charge in [-0.15, -0.1) is 0 Å². The maximum atomic E-state index is 5.31. The molecule has 0 aliphatic heterocycles. The molecule has 242 valence electrons. The van der Waals surface area contributed by atoms with E-state index in [1.54, 1.807) is 0 Å². The molecule has 0 fully saturated rings. The Hall–Kier alpha value is -6.97. The lowest BCUT2D eigenvalue weighted by Crippen LogP contribution is -1.94. The average molecular weight is 662 g/mol. The minimum absolute atomic E-state index is 0.897. The minimum atomic E-state index is 0.897. The molecule has 0 saturated carbocycles. The van der Waals surface area contributed by atoms with Crippen LogP contribution in [0.3, 0.4) is 0 Å². The van der Waals surface area contributed by atoms with Crippen molar-refractivity contribution in [2.45, 2.75) is 0 Å². The van der Waals surface area contributed by atoms with E-state index in [1.165, 1.54) is 27.6 Å². The maximum Gasteiger partial charge on any atom is 0.0972 e.